The fraction of sp³-hybridized carbons (Fsp3) is 1.00. The number of hydrogen-bond acceptors (Lipinski definition) is 4. The SMILES string of the molecule is CO[C@@]1(C)CO[C@H](COP)C1O. The van der Waals surface area contributed by atoms with Crippen molar-refractivity contribution >= 4 is 9.47 Å². The zero-order valence-corrected chi connectivity index (χ0v) is 8.47. The lowest BCUT2D eigenvalue weighted by molar-refractivity contribution is -0.0687. The molecule has 0 aromatic carbocycles. The van der Waals surface area contributed by atoms with Crippen LogP contribution in [0.5, 0.6) is 0 Å². The highest BCUT2D eigenvalue weighted by molar-refractivity contribution is 7.09. The van der Waals surface area contributed by atoms with Gasteiger partial charge >= 0.3 is 0 Å². The summed E-state index contributed by atoms with van der Waals surface area (Å²) in [5.41, 5.74) is -0.589. The van der Waals surface area contributed by atoms with E-state index in [1.807, 2.05) is 6.92 Å². The van der Waals surface area contributed by atoms with Crippen LogP contribution in [-0.2, 0) is 14.0 Å². The Bertz CT molecular complexity index is 154. The van der Waals surface area contributed by atoms with Gasteiger partial charge < -0.3 is 19.1 Å². The van der Waals surface area contributed by atoms with Crippen molar-refractivity contribution in [1.29, 1.82) is 0 Å². The lowest BCUT2D eigenvalue weighted by Crippen LogP contribution is -2.43. The highest BCUT2D eigenvalue weighted by Crippen LogP contribution is 2.27. The van der Waals surface area contributed by atoms with Gasteiger partial charge in [0.05, 0.1) is 13.2 Å². The molecule has 1 N–H and O–H groups in total. The molecule has 1 saturated heterocycles. The third-order valence-corrected chi connectivity index (χ3v) is 2.48. The largest absolute Gasteiger partial charge is 0.387 e. The van der Waals surface area contributed by atoms with Gasteiger partial charge in [-0.2, -0.15) is 0 Å². The van der Waals surface area contributed by atoms with Crippen LogP contribution in [0.3, 0.4) is 0 Å². The number of rotatable bonds is 3. The van der Waals surface area contributed by atoms with Crippen molar-refractivity contribution in [3.8, 4) is 0 Å². The van der Waals surface area contributed by atoms with Crippen LogP contribution in [0, 0.1) is 0 Å². The van der Waals surface area contributed by atoms with E-state index in [9.17, 15) is 5.11 Å². The Kier molecular flexibility index (Phi) is 3.44. The monoisotopic (exact) mass is 194 g/mol. The predicted molar refractivity (Wildman–Crippen MR) is 46.8 cm³/mol. The third kappa shape index (κ3) is 1.78. The molecule has 0 aromatic rings. The minimum atomic E-state index is -0.622. The molecule has 1 heterocycles. The molecule has 0 radical (unpaired) electrons. The van der Waals surface area contributed by atoms with Gasteiger partial charge in [-0.05, 0) is 6.92 Å². The molecule has 72 valence electrons. The molecule has 12 heavy (non-hydrogen) atoms. The van der Waals surface area contributed by atoms with E-state index in [2.05, 4.69) is 9.47 Å². The number of methoxy groups -OCH3 is 1. The summed E-state index contributed by atoms with van der Waals surface area (Å²) < 4.78 is 15.3. The second-order valence-electron chi connectivity index (χ2n) is 3.14. The number of ether oxygens (including phenoxy) is 2. The average molecular weight is 194 g/mol. The van der Waals surface area contributed by atoms with Crippen LogP contribution in [-0.4, -0.2) is 43.2 Å². The fourth-order valence-electron chi connectivity index (χ4n) is 1.26. The second kappa shape index (κ2) is 3.99. The normalized spacial score (nSPS) is 42.0. The molecule has 0 bridgehead atoms. The van der Waals surface area contributed by atoms with Gasteiger partial charge in [0.2, 0.25) is 0 Å². The van der Waals surface area contributed by atoms with Crippen LogP contribution in [0.25, 0.3) is 0 Å². The van der Waals surface area contributed by atoms with Gasteiger partial charge in [0.15, 0.2) is 0 Å². The zero-order valence-electron chi connectivity index (χ0n) is 7.32. The molecular weight excluding hydrogens is 179 g/mol. The lowest BCUT2D eigenvalue weighted by Gasteiger charge is -2.25. The molecule has 0 aromatic heterocycles. The second-order valence-corrected chi connectivity index (χ2v) is 3.48. The maximum Gasteiger partial charge on any atom is 0.117 e. The van der Waals surface area contributed by atoms with Crippen molar-refractivity contribution in [3.05, 3.63) is 0 Å². The first kappa shape index (κ1) is 10.4. The van der Waals surface area contributed by atoms with E-state index in [0.29, 0.717) is 13.2 Å². The van der Waals surface area contributed by atoms with E-state index in [0.717, 1.165) is 0 Å². The van der Waals surface area contributed by atoms with Gasteiger partial charge in [-0.15, -0.1) is 0 Å². The predicted octanol–water partition coefficient (Wildman–Crippen LogP) is -0.0421. The highest BCUT2D eigenvalue weighted by Gasteiger charge is 2.45. The smallest absolute Gasteiger partial charge is 0.117 e. The van der Waals surface area contributed by atoms with Crippen molar-refractivity contribution in [2.24, 2.45) is 0 Å². The van der Waals surface area contributed by atoms with E-state index in [4.69, 9.17) is 14.0 Å². The van der Waals surface area contributed by atoms with Gasteiger partial charge in [0.1, 0.15) is 17.8 Å². The summed E-state index contributed by atoms with van der Waals surface area (Å²) in [5.74, 6) is 0. The lowest BCUT2D eigenvalue weighted by atomic mass is 9.99. The molecule has 1 rings (SSSR count). The fourth-order valence-corrected chi connectivity index (χ4v) is 1.45. The molecular formula is C7H15O4P. The molecule has 5 heteroatoms. The number of aliphatic hydroxyl groups excluding tert-OH is 1. The topological polar surface area (TPSA) is 47.9 Å². The Hall–Kier alpha value is 0.270. The zero-order chi connectivity index (χ0) is 9.19. The molecule has 1 aliphatic rings. The van der Waals surface area contributed by atoms with E-state index in [1.54, 1.807) is 7.11 Å². The molecule has 4 nitrogen and oxygen atoms in total. The molecule has 2 unspecified atom stereocenters. The maximum atomic E-state index is 9.70. The van der Waals surface area contributed by atoms with Gasteiger partial charge in [-0.1, -0.05) is 0 Å². The molecule has 1 fully saturated rings. The minimum absolute atomic E-state index is 0.285. The van der Waals surface area contributed by atoms with Crippen LogP contribution in [0.2, 0.25) is 0 Å². The molecule has 0 saturated carbocycles. The number of hydrogen-bond donors (Lipinski definition) is 1. The van der Waals surface area contributed by atoms with Gasteiger partial charge in [0.25, 0.3) is 0 Å². The molecule has 0 aliphatic carbocycles. The van der Waals surface area contributed by atoms with Crippen LogP contribution in [0.1, 0.15) is 6.92 Å². The molecule has 0 amide bonds. The Balaban J connectivity index is 2.54. The van der Waals surface area contributed by atoms with Gasteiger partial charge in [0, 0.05) is 16.6 Å². The van der Waals surface area contributed by atoms with Crippen LogP contribution < -0.4 is 0 Å². The number of aliphatic hydroxyl groups is 1. The summed E-state index contributed by atoms with van der Waals surface area (Å²) in [7, 11) is 3.70. The van der Waals surface area contributed by atoms with E-state index < -0.39 is 11.7 Å². The summed E-state index contributed by atoms with van der Waals surface area (Å²) in [5, 5.41) is 9.70. The van der Waals surface area contributed by atoms with Crippen LogP contribution >= 0.6 is 9.47 Å². The molecule has 4 atom stereocenters. The van der Waals surface area contributed by atoms with Crippen molar-refractivity contribution in [1.82, 2.24) is 0 Å². The Morgan fingerprint density at radius 3 is 2.83 bits per heavy atom. The average Bonchev–Trinajstić information content (AvgIpc) is 2.35. The van der Waals surface area contributed by atoms with Gasteiger partial charge in [-0.25, -0.2) is 0 Å². The summed E-state index contributed by atoms with van der Waals surface area (Å²) in [6.45, 7) is 2.59. The van der Waals surface area contributed by atoms with Crippen molar-refractivity contribution in [2.75, 3.05) is 20.3 Å². The maximum absolute atomic E-state index is 9.70. The summed E-state index contributed by atoms with van der Waals surface area (Å²) in [6.07, 6.45) is -0.907. The quantitative estimate of drug-likeness (QED) is 0.640. The van der Waals surface area contributed by atoms with Crippen LogP contribution in [0.15, 0.2) is 0 Å². The van der Waals surface area contributed by atoms with E-state index >= 15 is 0 Å². The third-order valence-electron chi connectivity index (χ3n) is 2.29. The summed E-state index contributed by atoms with van der Waals surface area (Å²) >= 11 is 0. The van der Waals surface area contributed by atoms with Crippen LogP contribution in [0.4, 0.5) is 0 Å². The minimum Gasteiger partial charge on any atom is -0.387 e. The molecule has 0 spiro atoms. The standard InChI is InChI=1S/C7H15O4P/c1-7(9-2)4-10-5(3-11-12)6(7)8/h5-6,8H,3-4,12H2,1-2H3/t5-,6?,7+/m1/s1. The van der Waals surface area contributed by atoms with Crippen molar-refractivity contribution in [2.45, 2.75) is 24.7 Å². The van der Waals surface area contributed by atoms with E-state index in [-0.39, 0.29) is 6.10 Å². The first-order chi connectivity index (χ1) is 5.64. The summed E-state index contributed by atoms with van der Waals surface area (Å²) in [6, 6.07) is 0. The van der Waals surface area contributed by atoms with Crippen molar-refractivity contribution < 1.29 is 19.1 Å². The highest BCUT2D eigenvalue weighted by atomic mass is 31.0. The first-order valence-electron chi connectivity index (χ1n) is 3.80. The first-order valence-corrected chi connectivity index (χ1v) is 4.27. The van der Waals surface area contributed by atoms with Crippen molar-refractivity contribution in [3.63, 3.8) is 0 Å². The Morgan fingerprint density at radius 1 is 1.75 bits per heavy atom. The van der Waals surface area contributed by atoms with E-state index in [1.165, 1.54) is 0 Å². The Labute approximate surface area is 74.5 Å². The van der Waals surface area contributed by atoms with Gasteiger partial charge in [-0.3, -0.25) is 0 Å². The Morgan fingerprint density at radius 2 is 2.42 bits per heavy atom. The summed E-state index contributed by atoms with van der Waals surface area (Å²) in [4.78, 5) is 0. The molecule has 1 aliphatic heterocycles.